The largest absolute Gasteiger partial charge is 0.347 e. The Balaban J connectivity index is 1.84. The number of carbonyl (C=O) groups excluding carboxylic acids is 1. The molecule has 94 valence electrons. The summed E-state index contributed by atoms with van der Waals surface area (Å²) >= 11 is 0. The standard InChI is InChI=1S/C12H20N4O/c1-3-9-4-6-10(7-5-9)14-12(17)11-13-8(2)15-16-11/h9-10H,3-7H2,1-2H3,(H,14,17)(H,13,15,16). The molecule has 1 aromatic heterocycles. The van der Waals surface area contributed by atoms with E-state index in [-0.39, 0.29) is 11.7 Å². The number of nitrogens with zero attached hydrogens (tertiary/aromatic N) is 2. The summed E-state index contributed by atoms with van der Waals surface area (Å²) in [5.74, 6) is 1.60. The molecule has 1 saturated carbocycles. The van der Waals surface area contributed by atoms with Gasteiger partial charge in [-0.1, -0.05) is 13.3 Å². The van der Waals surface area contributed by atoms with Crippen molar-refractivity contribution in [2.24, 2.45) is 5.92 Å². The topological polar surface area (TPSA) is 70.7 Å². The molecule has 0 bridgehead atoms. The van der Waals surface area contributed by atoms with Crippen LogP contribution in [0.4, 0.5) is 0 Å². The highest BCUT2D eigenvalue weighted by Gasteiger charge is 2.22. The lowest BCUT2D eigenvalue weighted by atomic mass is 9.84. The molecule has 0 unspecified atom stereocenters. The summed E-state index contributed by atoms with van der Waals surface area (Å²) in [6.45, 7) is 4.02. The summed E-state index contributed by atoms with van der Waals surface area (Å²) in [5.41, 5.74) is 0. The Hall–Kier alpha value is -1.39. The number of aryl methyl sites for hydroxylation is 1. The summed E-state index contributed by atoms with van der Waals surface area (Å²) in [4.78, 5) is 15.8. The molecule has 1 aromatic rings. The minimum absolute atomic E-state index is 0.158. The van der Waals surface area contributed by atoms with Crippen molar-refractivity contribution in [1.82, 2.24) is 20.5 Å². The molecule has 0 aromatic carbocycles. The van der Waals surface area contributed by atoms with Crippen LogP contribution in [0, 0.1) is 12.8 Å². The van der Waals surface area contributed by atoms with Gasteiger partial charge in [-0.25, -0.2) is 4.98 Å². The number of aromatic amines is 1. The van der Waals surface area contributed by atoms with Crippen LogP contribution in [0.5, 0.6) is 0 Å². The van der Waals surface area contributed by atoms with Gasteiger partial charge in [-0.3, -0.25) is 9.89 Å². The second-order valence-electron chi connectivity index (χ2n) is 4.84. The smallest absolute Gasteiger partial charge is 0.291 e. The van der Waals surface area contributed by atoms with E-state index < -0.39 is 0 Å². The average molecular weight is 236 g/mol. The third kappa shape index (κ3) is 3.05. The van der Waals surface area contributed by atoms with E-state index >= 15 is 0 Å². The fraction of sp³-hybridized carbons (Fsp3) is 0.750. The maximum absolute atomic E-state index is 11.8. The summed E-state index contributed by atoms with van der Waals surface area (Å²) in [6.07, 6.45) is 5.84. The first-order chi connectivity index (χ1) is 8.19. The van der Waals surface area contributed by atoms with E-state index in [4.69, 9.17) is 0 Å². The molecule has 2 N–H and O–H groups in total. The first kappa shape index (κ1) is 12.1. The van der Waals surface area contributed by atoms with Gasteiger partial charge in [0.25, 0.3) is 5.91 Å². The second kappa shape index (κ2) is 5.29. The Morgan fingerprint density at radius 1 is 1.41 bits per heavy atom. The molecule has 0 spiro atoms. The average Bonchev–Trinajstić information content (AvgIpc) is 2.77. The van der Waals surface area contributed by atoms with Gasteiger partial charge in [-0.15, -0.1) is 5.10 Å². The first-order valence-corrected chi connectivity index (χ1v) is 6.39. The molecule has 0 radical (unpaired) electrons. The van der Waals surface area contributed by atoms with E-state index in [9.17, 15) is 4.79 Å². The molecule has 17 heavy (non-hydrogen) atoms. The molecule has 1 fully saturated rings. The lowest BCUT2D eigenvalue weighted by Crippen LogP contribution is -2.38. The Kier molecular flexibility index (Phi) is 3.76. The maximum Gasteiger partial charge on any atom is 0.291 e. The number of hydrogen-bond acceptors (Lipinski definition) is 3. The van der Waals surface area contributed by atoms with Crippen LogP contribution in [0.1, 0.15) is 55.5 Å². The predicted octanol–water partition coefficient (Wildman–Crippen LogP) is 1.81. The van der Waals surface area contributed by atoms with Crippen LogP contribution in [0.15, 0.2) is 0 Å². The van der Waals surface area contributed by atoms with Gasteiger partial charge in [0, 0.05) is 6.04 Å². The van der Waals surface area contributed by atoms with Crippen LogP contribution in [0.25, 0.3) is 0 Å². The van der Waals surface area contributed by atoms with Gasteiger partial charge in [-0.2, -0.15) is 0 Å². The van der Waals surface area contributed by atoms with E-state index in [1.165, 1.54) is 19.3 Å². The zero-order valence-corrected chi connectivity index (χ0v) is 10.5. The minimum Gasteiger partial charge on any atom is -0.347 e. The summed E-state index contributed by atoms with van der Waals surface area (Å²) in [5, 5.41) is 9.55. The monoisotopic (exact) mass is 236 g/mol. The van der Waals surface area contributed by atoms with Crippen LogP contribution < -0.4 is 5.32 Å². The summed E-state index contributed by atoms with van der Waals surface area (Å²) in [6, 6.07) is 0.295. The lowest BCUT2D eigenvalue weighted by molar-refractivity contribution is 0.0911. The van der Waals surface area contributed by atoms with E-state index in [2.05, 4.69) is 27.4 Å². The number of aromatic nitrogens is 3. The lowest BCUT2D eigenvalue weighted by Gasteiger charge is -2.27. The van der Waals surface area contributed by atoms with Crippen molar-refractivity contribution in [3.63, 3.8) is 0 Å². The minimum atomic E-state index is -0.158. The molecule has 5 heteroatoms. The third-order valence-corrected chi connectivity index (χ3v) is 3.56. The van der Waals surface area contributed by atoms with E-state index in [1.54, 1.807) is 6.92 Å². The quantitative estimate of drug-likeness (QED) is 0.840. The van der Waals surface area contributed by atoms with Gasteiger partial charge in [0.15, 0.2) is 0 Å². The van der Waals surface area contributed by atoms with Crippen molar-refractivity contribution < 1.29 is 4.79 Å². The normalized spacial score (nSPS) is 24.6. The summed E-state index contributed by atoms with van der Waals surface area (Å²) in [7, 11) is 0. The van der Waals surface area contributed by atoms with Crippen molar-refractivity contribution in [2.45, 2.75) is 52.0 Å². The molecular weight excluding hydrogens is 216 g/mol. The number of H-pyrrole nitrogens is 1. The number of rotatable bonds is 3. The van der Waals surface area contributed by atoms with Crippen LogP contribution in [-0.2, 0) is 0 Å². The highest BCUT2D eigenvalue weighted by atomic mass is 16.2. The summed E-state index contributed by atoms with van der Waals surface area (Å²) < 4.78 is 0. The van der Waals surface area contributed by atoms with Crippen LogP contribution in [0.2, 0.25) is 0 Å². The molecule has 0 saturated heterocycles. The molecular formula is C12H20N4O. The van der Waals surface area contributed by atoms with Gasteiger partial charge in [-0.05, 0) is 38.5 Å². The number of hydrogen-bond donors (Lipinski definition) is 2. The zero-order chi connectivity index (χ0) is 12.3. The molecule has 1 aliphatic rings. The highest BCUT2D eigenvalue weighted by Crippen LogP contribution is 2.26. The Bertz CT molecular complexity index is 380. The number of nitrogens with one attached hydrogen (secondary N) is 2. The van der Waals surface area contributed by atoms with Crippen molar-refractivity contribution >= 4 is 5.91 Å². The number of amides is 1. The van der Waals surface area contributed by atoms with Gasteiger partial charge < -0.3 is 5.32 Å². The van der Waals surface area contributed by atoms with Crippen molar-refractivity contribution in [2.75, 3.05) is 0 Å². The number of carbonyl (C=O) groups is 1. The van der Waals surface area contributed by atoms with E-state index in [1.807, 2.05) is 0 Å². The van der Waals surface area contributed by atoms with Gasteiger partial charge in [0.05, 0.1) is 0 Å². The Labute approximate surface area is 101 Å². The van der Waals surface area contributed by atoms with Crippen molar-refractivity contribution in [3.8, 4) is 0 Å². The fourth-order valence-electron chi connectivity index (χ4n) is 2.41. The molecule has 2 rings (SSSR count). The fourth-order valence-corrected chi connectivity index (χ4v) is 2.41. The molecule has 1 heterocycles. The molecule has 0 aliphatic heterocycles. The zero-order valence-electron chi connectivity index (χ0n) is 10.5. The van der Waals surface area contributed by atoms with Crippen LogP contribution in [-0.4, -0.2) is 27.1 Å². The first-order valence-electron chi connectivity index (χ1n) is 6.39. The third-order valence-electron chi connectivity index (χ3n) is 3.56. The molecule has 1 amide bonds. The van der Waals surface area contributed by atoms with Gasteiger partial charge in [0.1, 0.15) is 5.82 Å². The Morgan fingerprint density at radius 2 is 2.12 bits per heavy atom. The van der Waals surface area contributed by atoms with E-state index in [0.29, 0.717) is 11.9 Å². The van der Waals surface area contributed by atoms with Crippen LogP contribution >= 0.6 is 0 Å². The van der Waals surface area contributed by atoms with Gasteiger partial charge in [0.2, 0.25) is 5.82 Å². The molecule has 5 nitrogen and oxygen atoms in total. The highest BCUT2D eigenvalue weighted by molar-refractivity contribution is 5.90. The van der Waals surface area contributed by atoms with Crippen molar-refractivity contribution in [3.05, 3.63) is 11.6 Å². The molecule has 0 atom stereocenters. The maximum atomic E-state index is 11.8. The van der Waals surface area contributed by atoms with Gasteiger partial charge >= 0.3 is 0 Å². The van der Waals surface area contributed by atoms with E-state index in [0.717, 1.165) is 18.8 Å². The second-order valence-corrected chi connectivity index (χ2v) is 4.84. The predicted molar refractivity (Wildman–Crippen MR) is 64.6 cm³/mol. The molecule has 1 aliphatic carbocycles. The van der Waals surface area contributed by atoms with Crippen molar-refractivity contribution in [1.29, 1.82) is 0 Å². The SMILES string of the molecule is CCC1CCC(NC(=O)c2n[nH]c(C)n2)CC1. The Morgan fingerprint density at radius 3 is 2.65 bits per heavy atom. The van der Waals surface area contributed by atoms with Crippen LogP contribution in [0.3, 0.4) is 0 Å².